The molecule has 1 aromatic heterocycles. The maximum Gasteiger partial charge on any atom is 0.333 e. The van der Waals surface area contributed by atoms with Gasteiger partial charge < -0.3 is 30.4 Å². The number of carbonyl (C=O) groups is 1. The first-order chi connectivity index (χ1) is 22.1. The summed E-state index contributed by atoms with van der Waals surface area (Å²) in [5.74, 6) is -0.371. The normalized spacial score (nSPS) is 25.2. The van der Waals surface area contributed by atoms with Crippen molar-refractivity contribution in [3.63, 3.8) is 0 Å². The fourth-order valence-electron chi connectivity index (χ4n) is 5.22. The number of ether oxygens (including phenoxy) is 1. The summed E-state index contributed by atoms with van der Waals surface area (Å²) >= 11 is 0. The fourth-order valence-corrected chi connectivity index (χ4v) is 8.73. The number of aromatic nitrogens is 2. The van der Waals surface area contributed by atoms with E-state index in [0.29, 0.717) is 0 Å². The number of nitrogens with two attached hydrogens (primary N) is 2. The molecule has 2 aliphatic heterocycles. The third-order valence-corrected chi connectivity index (χ3v) is 20.6. The molecule has 0 aliphatic carbocycles. The molecule has 3 heterocycles. The molecule has 0 unspecified atom stereocenters. The molecule has 1 fully saturated rings. The van der Waals surface area contributed by atoms with E-state index in [0.717, 1.165) is 9.98 Å². The largest absolute Gasteiger partial charge is 0.414 e. The Morgan fingerprint density at radius 1 is 1.08 bits per heavy atom. The maximum atomic E-state index is 14.2. The second-order valence-corrected chi connectivity index (χ2v) is 27.7. The van der Waals surface area contributed by atoms with Crippen molar-refractivity contribution in [1.82, 2.24) is 14.5 Å². The van der Waals surface area contributed by atoms with Gasteiger partial charge in [0.25, 0.3) is 15.7 Å². The minimum atomic E-state index is -4.26. The Labute approximate surface area is 293 Å². The molecule has 14 nitrogen and oxygen atoms in total. The van der Waals surface area contributed by atoms with E-state index in [1.54, 1.807) is 6.92 Å². The molecule has 0 saturated carbocycles. The second-order valence-electron chi connectivity index (χ2n) is 16.7. The molecule has 0 radical (unpaired) electrons. The number of carbonyl (C=O) groups excluding carboxylic acids is 1. The summed E-state index contributed by atoms with van der Waals surface area (Å²) < 4.78 is 54.5. The van der Waals surface area contributed by atoms with Crippen molar-refractivity contribution in [2.24, 2.45) is 17.4 Å². The highest BCUT2D eigenvalue weighted by molar-refractivity contribution is 7.90. The topological polar surface area (TPSA) is 196 Å². The van der Waals surface area contributed by atoms with Crippen LogP contribution in [0.5, 0.6) is 0 Å². The summed E-state index contributed by atoms with van der Waals surface area (Å²) in [6.07, 6.45) is -1.89. The van der Waals surface area contributed by atoms with E-state index in [2.05, 4.69) is 39.2 Å². The summed E-state index contributed by atoms with van der Waals surface area (Å²) in [6, 6.07) is -0.680. The van der Waals surface area contributed by atoms with Crippen LogP contribution in [0.3, 0.4) is 0 Å². The van der Waals surface area contributed by atoms with Gasteiger partial charge in [0, 0.05) is 24.8 Å². The highest BCUT2D eigenvalue weighted by Gasteiger charge is 2.67. The highest BCUT2D eigenvalue weighted by Crippen LogP contribution is 2.52. The van der Waals surface area contributed by atoms with Gasteiger partial charge in [-0.1, -0.05) is 55.4 Å². The first kappa shape index (κ1) is 41.3. The third kappa shape index (κ3) is 8.34. The number of rotatable bonds is 12. The first-order valence-electron chi connectivity index (χ1n) is 16.9. The molecule has 5 N–H and O–H groups in total. The van der Waals surface area contributed by atoms with E-state index in [1.165, 1.54) is 10.8 Å². The van der Waals surface area contributed by atoms with Crippen LogP contribution in [-0.2, 0) is 39.2 Å². The number of nitrogens with one attached hydrogen (secondary N) is 1. The van der Waals surface area contributed by atoms with Crippen LogP contribution in [0.4, 0.5) is 0 Å². The van der Waals surface area contributed by atoms with Crippen LogP contribution in [-0.4, -0.2) is 77.1 Å². The van der Waals surface area contributed by atoms with Gasteiger partial charge in [-0.25, -0.2) is 8.98 Å². The van der Waals surface area contributed by atoms with Gasteiger partial charge >= 0.3 is 5.69 Å². The minimum absolute atomic E-state index is 0.00695. The number of hydrogen-bond donors (Lipinski definition) is 3. The molecule has 280 valence electrons. The minimum Gasteiger partial charge on any atom is -0.414 e. The van der Waals surface area contributed by atoms with Crippen molar-refractivity contribution in [3.8, 4) is 0 Å². The Balaban J connectivity index is 2.16. The molecule has 3 rings (SSSR count). The zero-order valence-electron chi connectivity index (χ0n) is 31.5. The quantitative estimate of drug-likeness (QED) is 0.162. The van der Waals surface area contributed by atoms with E-state index in [-0.39, 0.29) is 59.3 Å². The second kappa shape index (κ2) is 14.1. The number of hydrogen-bond acceptors (Lipinski definition) is 11. The molecule has 2 aliphatic rings. The first-order valence-corrected chi connectivity index (χ1v) is 24.1. The Morgan fingerprint density at radius 2 is 1.65 bits per heavy atom. The molecule has 17 heteroatoms. The molecule has 1 saturated heterocycles. The predicted octanol–water partition coefficient (Wildman–Crippen LogP) is 3.02. The lowest BCUT2D eigenvalue weighted by atomic mass is 9.89. The molecule has 1 spiro atoms. The van der Waals surface area contributed by atoms with Crippen LogP contribution in [0.15, 0.2) is 26.9 Å². The zero-order chi connectivity index (χ0) is 37.7. The van der Waals surface area contributed by atoms with Crippen molar-refractivity contribution in [3.05, 3.63) is 43.7 Å². The molecular formula is C32H59N5O9SSi2. The predicted molar refractivity (Wildman–Crippen MR) is 194 cm³/mol. The van der Waals surface area contributed by atoms with Crippen LogP contribution < -0.4 is 28.0 Å². The molecule has 49 heavy (non-hydrogen) atoms. The third-order valence-electron chi connectivity index (χ3n) is 10.6. The van der Waals surface area contributed by atoms with Gasteiger partial charge in [0.15, 0.2) is 28.5 Å². The number of aryl methyl sites for hydroxylation is 1. The Morgan fingerprint density at radius 3 is 2.14 bits per heavy atom. The highest BCUT2D eigenvalue weighted by atomic mass is 32.2. The monoisotopic (exact) mass is 745 g/mol. The van der Waals surface area contributed by atoms with Crippen molar-refractivity contribution < 1.29 is 31.0 Å². The van der Waals surface area contributed by atoms with Crippen molar-refractivity contribution in [2.75, 3.05) is 13.2 Å². The van der Waals surface area contributed by atoms with E-state index in [9.17, 15) is 22.8 Å². The van der Waals surface area contributed by atoms with Crippen LogP contribution in [0.25, 0.3) is 0 Å². The van der Waals surface area contributed by atoms with Crippen molar-refractivity contribution in [2.45, 2.75) is 142 Å². The smallest absolute Gasteiger partial charge is 0.333 e. The SMILES string of the molecule is Cc1cn([C@@H]2O[C@H](CO[Si](C)(C)C(C)(C)C)[C@@]3(OS(=O)(=O)C=C3N)[C@H]2O[Si](C)(C)C(C)(C)C)c(=O)n(CCCNC(=O)[C@@H](N)C(C)C)c1=O. The van der Waals surface area contributed by atoms with Crippen LogP contribution in [0.2, 0.25) is 36.3 Å². The lowest BCUT2D eigenvalue weighted by molar-refractivity contribution is -0.123. The summed E-state index contributed by atoms with van der Waals surface area (Å²) in [6.45, 7) is 25.8. The van der Waals surface area contributed by atoms with Crippen molar-refractivity contribution in [1.29, 1.82) is 0 Å². The fraction of sp³-hybridized carbons (Fsp3) is 0.781. The molecule has 0 bridgehead atoms. The van der Waals surface area contributed by atoms with Crippen LogP contribution in [0.1, 0.15) is 73.6 Å². The Bertz CT molecular complexity index is 1660. The van der Waals surface area contributed by atoms with E-state index in [4.69, 9.17) is 29.2 Å². The van der Waals surface area contributed by atoms with Gasteiger partial charge in [-0.2, -0.15) is 8.42 Å². The van der Waals surface area contributed by atoms with Crippen LogP contribution >= 0.6 is 0 Å². The molecule has 5 atom stereocenters. The van der Waals surface area contributed by atoms with E-state index in [1.807, 2.05) is 47.7 Å². The number of nitrogens with zero attached hydrogens (tertiary/aromatic N) is 2. The van der Waals surface area contributed by atoms with E-state index < -0.39 is 68.1 Å². The summed E-state index contributed by atoms with van der Waals surface area (Å²) in [5.41, 5.74) is 9.60. The summed E-state index contributed by atoms with van der Waals surface area (Å²) in [7, 11) is -9.41. The summed E-state index contributed by atoms with van der Waals surface area (Å²) in [4.78, 5) is 39.9. The molecular weight excluding hydrogens is 687 g/mol. The standard InChI is InChI=1S/C32H59N5O9SSi2/c1-20(2)24(34)26(38)35-15-14-16-36-27(39)21(3)17-37(29(36)40)28-25(45-49(12,13)31(7,8)9)32(22(33)19-47(41,42)46-32)23(44-28)18-43-48(10,11)30(4,5)6/h17,19-20,23-25,28H,14-16,18,33-34H2,1-13H3,(H,35,38)/t23-,24+,25+,28-,32-/m1/s1. The molecule has 0 aromatic carbocycles. The van der Waals surface area contributed by atoms with Gasteiger partial charge in [-0.05, 0) is 55.5 Å². The van der Waals surface area contributed by atoms with Gasteiger partial charge in [-0.15, -0.1) is 0 Å². The van der Waals surface area contributed by atoms with Gasteiger partial charge in [0.1, 0.15) is 12.2 Å². The Kier molecular flexibility index (Phi) is 11.9. The lowest BCUT2D eigenvalue weighted by Crippen LogP contribution is -2.59. The van der Waals surface area contributed by atoms with Gasteiger partial charge in [-0.3, -0.25) is 18.7 Å². The van der Waals surface area contributed by atoms with Gasteiger partial charge in [0.2, 0.25) is 5.91 Å². The lowest BCUT2D eigenvalue weighted by Gasteiger charge is -2.43. The number of amides is 1. The average molecular weight is 746 g/mol. The van der Waals surface area contributed by atoms with E-state index >= 15 is 0 Å². The van der Waals surface area contributed by atoms with Crippen molar-refractivity contribution >= 4 is 32.7 Å². The Hall–Kier alpha value is -2.13. The average Bonchev–Trinajstić information content (AvgIpc) is 3.37. The molecule has 1 amide bonds. The maximum absolute atomic E-state index is 14.2. The summed E-state index contributed by atoms with van der Waals surface area (Å²) in [5, 5.41) is 3.11. The van der Waals surface area contributed by atoms with Crippen LogP contribution in [0, 0.1) is 12.8 Å². The zero-order valence-corrected chi connectivity index (χ0v) is 34.3. The van der Waals surface area contributed by atoms with Gasteiger partial charge in [0.05, 0.1) is 23.8 Å². The molecule has 1 aromatic rings.